The summed E-state index contributed by atoms with van der Waals surface area (Å²) >= 11 is 0. The van der Waals surface area contributed by atoms with Crippen LogP contribution in [-0.4, -0.2) is 47.1 Å². The van der Waals surface area contributed by atoms with Crippen LogP contribution in [0.3, 0.4) is 0 Å². The molecule has 2 atom stereocenters. The predicted octanol–water partition coefficient (Wildman–Crippen LogP) is 1.83. The molecule has 5 heteroatoms. The second-order valence-corrected chi connectivity index (χ2v) is 7.58. The quantitative estimate of drug-likeness (QED) is 0.811. The van der Waals surface area contributed by atoms with Crippen molar-refractivity contribution in [2.45, 2.75) is 76.4 Å². The van der Waals surface area contributed by atoms with E-state index in [1.807, 2.05) is 0 Å². The van der Waals surface area contributed by atoms with Crippen LogP contribution in [-0.2, 0) is 9.59 Å². The van der Waals surface area contributed by atoms with Crippen LogP contribution in [0.25, 0.3) is 0 Å². The van der Waals surface area contributed by atoms with Gasteiger partial charge in [-0.3, -0.25) is 9.59 Å². The number of carbonyl (C=O) groups is 2. The second-order valence-electron chi connectivity index (χ2n) is 7.58. The average Bonchev–Trinajstić information content (AvgIpc) is 3.33. The van der Waals surface area contributed by atoms with E-state index >= 15 is 0 Å². The summed E-state index contributed by atoms with van der Waals surface area (Å²) < 4.78 is 0. The normalized spacial score (nSPS) is 29.3. The second kappa shape index (κ2) is 7.65. The molecule has 0 bridgehead atoms. The van der Waals surface area contributed by atoms with E-state index < -0.39 is 0 Å². The van der Waals surface area contributed by atoms with E-state index in [1.54, 1.807) is 4.90 Å². The van der Waals surface area contributed by atoms with Gasteiger partial charge in [0.2, 0.25) is 11.8 Å². The first-order valence-electron chi connectivity index (χ1n) is 9.38. The molecule has 0 radical (unpaired) electrons. The first-order valence-corrected chi connectivity index (χ1v) is 9.38. The van der Waals surface area contributed by atoms with E-state index in [0.29, 0.717) is 50.7 Å². The lowest BCUT2D eigenvalue weighted by molar-refractivity contribution is -0.135. The van der Waals surface area contributed by atoms with Crippen LogP contribution < -0.4 is 5.32 Å². The van der Waals surface area contributed by atoms with Crippen LogP contribution in [0.4, 0.5) is 0 Å². The van der Waals surface area contributed by atoms with E-state index in [2.05, 4.69) is 5.32 Å². The summed E-state index contributed by atoms with van der Waals surface area (Å²) in [6.45, 7) is 1.24. The molecular formula is C18H30N2O3. The molecule has 0 aromatic heterocycles. The summed E-state index contributed by atoms with van der Waals surface area (Å²) in [5.74, 6) is 1.58. The molecule has 23 heavy (non-hydrogen) atoms. The van der Waals surface area contributed by atoms with Crippen LogP contribution in [0.5, 0.6) is 0 Å². The highest BCUT2D eigenvalue weighted by molar-refractivity contribution is 5.84. The molecular weight excluding hydrogens is 292 g/mol. The fourth-order valence-corrected chi connectivity index (χ4v) is 4.24. The van der Waals surface area contributed by atoms with Gasteiger partial charge in [0, 0.05) is 32.0 Å². The number of amides is 2. The van der Waals surface area contributed by atoms with Gasteiger partial charge in [-0.05, 0) is 31.1 Å². The number of aliphatic hydroxyl groups excluding tert-OH is 1. The molecule has 2 amide bonds. The lowest BCUT2D eigenvalue weighted by atomic mass is 9.85. The molecule has 1 aliphatic heterocycles. The van der Waals surface area contributed by atoms with Crippen LogP contribution >= 0.6 is 0 Å². The Morgan fingerprint density at radius 3 is 2.39 bits per heavy atom. The van der Waals surface area contributed by atoms with Gasteiger partial charge in [-0.1, -0.05) is 32.1 Å². The average molecular weight is 322 g/mol. The van der Waals surface area contributed by atoms with Gasteiger partial charge in [0.25, 0.3) is 0 Å². The summed E-state index contributed by atoms with van der Waals surface area (Å²) in [4.78, 5) is 25.9. The van der Waals surface area contributed by atoms with Crippen molar-refractivity contribution >= 4 is 11.8 Å². The van der Waals surface area contributed by atoms with E-state index in [0.717, 1.165) is 12.3 Å². The first kappa shape index (κ1) is 16.7. The van der Waals surface area contributed by atoms with Crippen LogP contribution in [0.15, 0.2) is 0 Å². The molecule has 3 fully saturated rings. The third-order valence-corrected chi connectivity index (χ3v) is 5.82. The number of likely N-dealkylation sites (tertiary alicyclic amines) is 1. The molecule has 2 saturated carbocycles. The number of nitrogens with zero attached hydrogens (tertiary/aromatic N) is 1. The highest BCUT2D eigenvalue weighted by Crippen LogP contribution is 2.44. The SMILES string of the molecule is O=C(CCC(=O)N1CCC(O)CC1)NC1CC1C1CCCCC1. The topological polar surface area (TPSA) is 69.6 Å². The van der Waals surface area contributed by atoms with Crippen LogP contribution in [0.1, 0.15) is 64.2 Å². The summed E-state index contributed by atoms with van der Waals surface area (Å²) in [5, 5.41) is 12.6. The van der Waals surface area contributed by atoms with Crippen LogP contribution in [0, 0.1) is 11.8 Å². The monoisotopic (exact) mass is 322 g/mol. The van der Waals surface area contributed by atoms with Crippen molar-refractivity contribution in [1.29, 1.82) is 0 Å². The molecule has 2 aliphatic carbocycles. The summed E-state index contributed by atoms with van der Waals surface area (Å²) in [6.07, 6.45) is 9.49. The fraction of sp³-hybridized carbons (Fsp3) is 0.889. The Balaban J connectivity index is 1.32. The Hall–Kier alpha value is -1.10. The van der Waals surface area contributed by atoms with Crippen molar-refractivity contribution in [3.8, 4) is 0 Å². The molecule has 130 valence electrons. The minimum Gasteiger partial charge on any atom is -0.393 e. The minimum absolute atomic E-state index is 0.0266. The van der Waals surface area contributed by atoms with E-state index in [1.165, 1.54) is 32.1 Å². The van der Waals surface area contributed by atoms with Crippen molar-refractivity contribution in [1.82, 2.24) is 10.2 Å². The van der Waals surface area contributed by atoms with E-state index in [-0.39, 0.29) is 17.9 Å². The maximum atomic E-state index is 12.1. The zero-order chi connectivity index (χ0) is 16.2. The van der Waals surface area contributed by atoms with Crippen molar-refractivity contribution in [3.63, 3.8) is 0 Å². The number of rotatable bonds is 5. The number of piperidine rings is 1. The molecule has 3 aliphatic rings. The van der Waals surface area contributed by atoms with Gasteiger partial charge in [-0.25, -0.2) is 0 Å². The van der Waals surface area contributed by atoms with Gasteiger partial charge in [0.15, 0.2) is 0 Å². The Labute approximate surface area is 138 Å². The maximum Gasteiger partial charge on any atom is 0.223 e. The molecule has 2 N–H and O–H groups in total. The Morgan fingerprint density at radius 2 is 1.70 bits per heavy atom. The van der Waals surface area contributed by atoms with Crippen molar-refractivity contribution in [3.05, 3.63) is 0 Å². The third-order valence-electron chi connectivity index (χ3n) is 5.82. The highest BCUT2D eigenvalue weighted by atomic mass is 16.3. The summed E-state index contributed by atoms with van der Waals surface area (Å²) in [6, 6.07) is 0.367. The lowest BCUT2D eigenvalue weighted by Gasteiger charge is -2.29. The largest absolute Gasteiger partial charge is 0.393 e. The van der Waals surface area contributed by atoms with Gasteiger partial charge < -0.3 is 15.3 Å². The number of hydrogen-bond donors (Lipinski definition) is 2. The molecule has 1 heterocycles. The first-order chi connectivity index (χ1) is 11.1. The molecule has 1 saturated heterocycles. The van der Waals surface area contributed by atoms with Crippen molar-refractivity contribution in [2.75, 3.05) is 13.1 Å². The van der Waals surface area contributed by atoms with Gasteiger partial charge in [0.05, 0.1) is 6.10 Å². The predicted molar refractivity (Wildman–Crippen MR) is 87.7 cm³/mol. The van der Waals surface area contributed by atoms with Gasteiger partial charge >= 0.3 is 0 Å². The molecule has 0 aromatic carbocycles. The zero-order valence-corrected chi connectivity index (χ0v) is 14.0. The van der Waals surface area contributed by atoms with Crippen molar-refractivity contribution < 1.29 is 14.7 Å². The smallest absolute Gasteiger partial charge is 0.223 e. The molecule has 0 spiro atoms. The highest BCUT2D eigenvalue weighted by Gasteiger charge is 2.43. The summed E-state index contributed by atoms with van der Waals surface area (Å²) in [5.41, 5.74) is 0. The third kappa shape index (κ3) is 4.69. The molecule has 0 aromatic rings. The standard InChI is InChI=1S/C18H30N2O3/c21-14-8-10-20(11-9-14)18(23)7-6-17(22)19-16-12-15(16)13-4-2-1-3-5-13/h13-16,21H,1-12H2,(H,19,22). The minimum atomic E-state index is -0.270. The van der Waals surface area contributed by atoms with E-state index in [9.17, 15) is 14.7 Å². The number of aliphatic hydroxyl groups is 1. The lowest BCUT2D eigenvalue weighted by Crippen LogP contribution is -2.40. The number of hydrogen-bond acceptors (Lipinski definition) is 3. The Morgan fingerprint density at radius 1 is 1.00 bits per heavy atom. The van der Waals surface area contributed by atoms with Gasteiger partial charge in [-0.2, -0.15) is 0 Å². The Kier molecular flexibility index (Phi) is 5.57. The van der Waals surface area contributed by atoms with Crippen molar-refractivity contribution in [2.24, 2.45) is 11.8 Å². The van der Waals surface area contributed by atoms with E-state index in [4.69, 9.17) is 0 Å². The zero-order valence-electron chi connectivity index (χ0n) is 14.0. The molecule has 3 rings (SSSR count). The van der Waals surface area contributed by atoms with Gasteiger partial charge in [0.1, 0.15) is 0 Å². The number of nitrogens with one attached hydrogen (secondary N) is 1. The van der Waals surface area contributed by atoms with Gasteiger partial charge in [-0.15, -0.1) is 0 Å². The van der Waals surface area contributed by atoms with Crippen LogP contribution in [0.2, 0.25) is 0 Å². The fourth-order valence-electron chi connectivity index (χ4n) is 4.24. The summed E-state index contributed by atoms with van der Waals surface area (Å²) in [7, 11) is 0. The maximum absolute atomic E-state index is 12.1. The Bertz CT molecular complexity index is 426. The molecule has 5 nitrogen and oxygen atoms in total. The number of carbonyl (C=O) groups excluding carboxylic acids is 2. The molecule has 2 unspecified atom stereocenters.